The van der Waals surface area contributed by atoms with Gasteiger partial charge in [0.2, 0.25) is 0 Å². The summed E-state index contributed by atoms with van der Waals surface area (Å²) in [6.07, 6.45) is 0.709. The van der Waals surface area contributed by atoms with Crippen LogP contribution in [0.2, 0.25) is 0 Å². The van der Waals surface area contributed by atoms with Gasteiger partial charge >= 0.3 is 0 Å². The Hall–Kier alpha value is -1.02. The summed E-state index contributed by atoms with van der Waals surface area (Å²) in [6.45, 7) is 11.6. The Kier molecular flexibility index (Phi) is 3.41. The van der Waals surface area contributed by atoms with Crippen molar-refractivity contribution in [2.75, 3.05) is 11.4 Å². The third-order valence-corrected chi connectivity index (χ3v) is 3.67. The van der Waals surface area contributed by atoms with Crippen molar-refractivity contribution in [2.24, 2.45) is 0 Å². The fourth-order valence-electron chi connectivity index (χ4n) is 2.84. The average Bonchev–Trinajstić information content (AvgIpc) is 2.53. The number of anilines is 1. The third kappa shape index (κ3) is 2.69. The maximum Gasteiger partial charge on any atom is 0.0631 e. The number of benzene rings is 1. The summed E-state index contributed by atoms with van der Waals surface area (Å²) in [5.41, 5.74) is 3.39. The molecule has 0 bridgehead atoms. The Balaban J connectivity index is 2.33. The molecule has 1 aliphatic heterocycles. The highest BCUT2D eigenvalue weighted by Crippen LogP contribution is 2.38. The number of rotatable bonds is 3. The minimum atomic E-state index is -0.638. The van der Waals surface area contributed by atoms with Crippen LogP contribution in [0.1, 0.15) is 51.7 Å². The van der Waals surface area contributed by atoms with E-state index >= 15 is 0 Å². The zero-order valence-corrected chi connectivity index (χ0v) is 12.2. The van der Waals surface area contributed by atoms with Crippen LogP contribution >= 0.6 is 0 Å². The Morgan fingerprint density at radius 1 is 1.39 bits per heavy atom. The highest BCUT2D eigenvalue weighted by Gasteiger charge is 2.27. The van der Waals surface area contributed by atoms with Gasteiger partial charge in [0.15, 0.2) is 0 Å². The molecule has 1 aliphatic rings. The number of fused-ring (bicyclic) bond motifs is 1. The molecular weight excluding hydrogens is 222 g/mol. The molecule has 1 N–H and O–H groups in total. The van der Waals surface area contributed by atoms with Crippen LogP contribution in [-0.4, -0.2) is 23.3 Å². The average molecular weight is 247 g/mol. The van der Waals surface area contributed by atoms with Crippen molar-refractivity contribution in [2.45, 2.75) is 58.6 Å². The smallest absolute Gasteiger partial charge is 0.0631 e. The van der Waals surface area contributed by atoms with E-state index in [-0.39, 0.29) is 0 Å². The van der Waals surface area contributed by atoms with Crippen molar-refractivity contribution in [3.8, 4) is 0 Å². The van der Waals surface area contributed by atoms with E-state index in [1.807, 2.05) is 13.8 Å². The molecule has 0 saturated carbocycles. The Labute approximate surface area is 111 Å². The molecule has 0 amide bonds. The van der Waals surface area contributed by atoms with Gasteiger partial charge in [-0.05, 0) is 44.9 Å². The van der Waals surface area contributed by atoms with Crippen LogP contribution in [0.4, 0.5) is 5.69 Å². The number of hydrogen-bond acceptors (Lipinski definition) is 2. The van der Waals surface area contributed by atoms with Gasteiger partial charge in [-0.2, -0.15) is 0 Å². The van der Waals surface area contributed by atoms with Crippen LogP contribution < -0.4 is 4.90 Å². The first kappa shape index (κ1) is 13.4. The second kappa shape index (κ2) is 4.58. The molecule has 0 aromatic heterocycles. The van der Waals surface area contributed by atoms with Crippen molar-refractivity contribution in [1.29, 1.82) is 0 Å². The van der Waals surface area contributed by atoms with E-state index in [0.29, 0.717) is 18.4 Å². The normalized spacial score (nSPS) is 19.5. The van der Waals surface area contributed by atoms with Gasteiger partial charge in [-0.1, -0.05) is 19.1 Å². The van der Waals surface area contributed by atoms with Crippen molar-refractivity contribution in [3.63, 3.8) is 0 Å². The van der Waals surface area contributed by atoms with Crippen LogP contribution in [0.5, 0.6) is 0 Å². The summed E-state index contributed by atoms with van der Waals surface area (Å²) < 4.78 is 0. The molecule has 2 heteroatoms. The third-order valence-electron chi connectivity index (χ3n) is 3.67. The molecule has 1 atom stereocenters. The van der Waals surface area contributed by atoms with Crippen molar-refractivity contribution in [3.05, 3.63) is 29.3 Å². The minimum Gasteiger partial charge on any atom is -0.390 e. The predicted molar refractivity (Wildman–Crippen MR) is 77.3 cm³/mol. The zero-order valence-electron chi connectivity index (χ0n) is 12.2. The maximum atomic E-state index is 9.93. The molecule has 0 radical (unpaired) electrons. The summed E-state index contributed by atoms with van der Waals surface area (Å²) in [5, 5.41) is 9.93. The summed E-state index contributed by atoms with van der Waals surface area (Å²) in [6, 6.07) is 7.20. The largest absolute Gasteiger partial charge is 0.390 e. The lowest BCUT2D eigenvalue weighted by atomic mass is 9.95. The van der Waals surface area contributed by atoms with Crippen LogP contribution in [0.3, 0.4) is 0 Å². The highest BCUT2D eigenvalue weighted by molar-refractivity contribution is 5.62. The van der Waals surface area contributed by atoms with Crippen LogP contribution in [0.25, 0.3) is 0 Å². The van der Waals surface area contributed by atoms with E-state index in [2.05, 4.69) is 43.9 Å². The molecule has 1 unspecified atom stereocenters. The molecule has 100 valence electrons. The number of nitrogens with zero attached hydrogens (tertiary/aromatic N) is 1. The molecular formula is C16H25NO. The van der Waals surface area contributed by atoms with Crippen molar-refractivity contribution >= 4 is 5.69 Å². The fraction of sp³-hybridized carbons (Fsp3) is 0.625. The minimum absolute atomic E-state index is 0.533. The first-order valence-corrected chi connectivity index (χ1v) is 6.90. The molecule has 1 aromatic carbocycles. The van der Waals surface area contributed by atoms with E-state index in [1.165, 1.54) is 16.8 Å². The van der Waals surface area contributed by atoms with Gasteiger partial charge < -0.3 is 10.0 Å². The molecule has 0 saturated heterocycles. The molecule has 2 rings (SSSR count). The fourth-order valence-corrected chi connectivity index (χ4v) is 2.84. The van der Waals surface area contributed by atoms with Gasteiger partial charge in [0.1, 0.15) is 0 Å². The molecule has 1 aromatic rings. The second-order valence-corrected chi connectivity index (χ2v) is 6.53. The summed E-state index contributed by atoms with van der Waals surface area (Å²) >= 11 is 0. The van der Waals surface area contributed by atoms with Gasteiger partial charge in [0.05, 0.1) is 5.60 Å². The van der Waals surface area contributed by atoms with E-state index in [9.17, 15) is 5.11 Å². The lowest BCUT2D eigenvalue weighted by Crippen LogP contribution is -2.29. The van der Waals surface area contributed by atoms with Crippen LogP contribution in [-0.2, 0) is 6.42 Å². The standard InChI is InChI=1S/C16H25NO/c1-11(2)17-10-12(3)14-7-6-13(8-15(14)17)9-16(4,5)18/h6-8,11-12,18H,9-10H2,1-5H3. The molecule has 2 nitrogen and oxygen atoms in total. The Morgan fingerprint density at radius 3 is 2.61 bits per heavy atom. The molecule has 1 heterocycles. The Morgan fingerprint density at radius 2 is 2.06 bits per heavy atom. The highest BCUT2D eigenvalue weighted by atomic mass is 16.3. The van der Waals surface area contributed by atoms with Crippen LogP contribution in [0, 0.1) is 0 Å². The summed E-state index contributed by atoms with van der Waals surface area (Å²) in [7, 11) is 0. The topological polar surface area (TPSA) is 23.5 Å². The van der Waals surface area contributed by atoms with E-state index in [0.717, 1.165) is 6.54 Å². The molecule has 0 fully saturated rings. The first-order valence-electron chi connectivity index (χ1n) is 6.90. The van der Waals surface area contributed by atoms with Crippen LogP contribution in [0.15, 0.2) is 18.2 Å². The quantitative estimate of drug-likeness (QED) is 0.885. The Bertz CT molecular complexity index is 431. The number of aliphatic hydroxyl groups is 1. The molecule has 18 heavy (non-hydrogen) atoms. The first-order chi connectivity index (χ1) is 8.28. The van der Waals surface area contributed by atoms with E-state index in [4.69, 9.17) is 0 Å². The summed E-state index contributed by atoms with van der Waals surface area (Å²) in [4.78, 5) is 2.47. The van der Waals surface area contributed by atoms with E-state index < -0.39 is 5.60 Å². The van der Waals surface area contributed by atoms with Gasteiger partial charge in [-0.25, -0.2) is 0 Å². The summed E-state index contributed by atoms with van der Waals surface area (Å²) in [5.74, 6) is 0.610. The predicted octanol–water partition coefficient (Wildman–Crippen LogP) is 3.33. The second-order valence-electron chi connectivity index (χ2n) is 6.53. The van der Waals surface area contributed by atoms with Gasteiger partial charge in [0, 0.05) is 30.6 Å². The molecule has 0 spiro atoms. The van der Waals surface area contributed by atoms with Crippen molar-refractivity contribution in [1.82, 2.24) is 0 Å². The van der Waals surface area contributed by atoms with E-state index in [1.54, 1.807) is 0 Å². The molecule has 0 aliphatic carbocycles. The lowest BCUT2D eigenvalue weighted by molar-refractivity contribution is 0.0810. The SMILES string of the molecule is CC1CN(C(C)C)c2cc(CC(C)(C)O)ccc21. The van der Waals surface area contributed by atoms with Gasteiger partial charge in [-0.15, -0.1) is 0 Å². The monoisotopic (exact) mass is 247 g/mol. The number of hydrogen-bond donors (Lipinski definition) is 1. The van der Waals surface area contributed by atoms with Crippen molar-refractivity contribution < 1.29 is 5.11 Å². The lowest BCUT2D eigenvalue weighted by Gasteiger charge is -2.25. The van der Waals surface area contributed by atoms with Gasteiger partial charge in [0.25, 0.3) is 0 Å². The zero-order chi connectivity index (χ0) is 13.5. The van der Waals surface area contributed by atoms with Gasteiger partial charge in [-0.3, -0.25) is 0 Å². The maximum absolute atomic E-state index is 9.93.